The molecule has 2 heterocycles. The Hall–Kier alpha value is -2.02. The van der Waals surface area contributed by atoms with Gasteiger partial charge < -0.3 is 10.0 Å². The average Bonchev–Trinajstić information content (AvgIpc) is 2.47. The Kier molecular flexibility index (Phi) is 4.85. The molecule has 0 aromatic carbocycles. The molecule has 2 rings (SSSR count). The fraction of sp³-hybridized carbons (Fsp3) is 0.571. The summed E-state index contributed by atoms with van der Waals surface area (Å²) in [6.07, 6.45) is 4.55. The van der Waals surface area contributed by atoms with Gasteiger partial charge >= 0.3 is 5.97 Å². The predicted molar refractivity (Wildman–Crippen MR) is 76.0 cm³/mol. The van der Waals surface area contributed by atoms with Crippen LogP contribution in [0.4, 0.5) is 0 Å². The van der Waals surface area contributed by atoms with E-state index in [1.165, 1.54) is 12.5 Å². The van der Waals surface area contributed by atoms with E-state index in [-0.39, 0.29) is 12.5 Å². The number of aromatic nitrogens is 2. The fourth-order valence-electron chi connectivity index (χ4n) is 2.46. The summed E-state index contributed by atoms with van der Waals surface area (Å²) in [4.78, 5) is 35.3. The van der Waals surface area contributed by atoms with Crippen LogP contribution in [0.5, 0.6) is 0 Å². The van der Waals surface area contributed by atoms with Gasteiger partial charge in [0.15, 0.2) is 0 Å². The topological polar surface area (TPSA) is 86.6 Å². The lowest BCUT2D eigenvalue weighted by Crippen LogP contribution is -2.56. The molecule has 1 atom stereocenters. The molecule has 114 valence electrons. The van der Waals surface area contributed by atoms with Crippen molar-refractivity contribution in [2.24, 2.45) is 0 Å². The van der Waals surface area contributed by atoms with Gasteiger partial charge in [0.25, 0.3) is 5.91 Å². The molecule has 0 radical (unpaired) electrons. The summed E-state index contributed by atoms with van der Waals surface area (Å²) < 4.78 is 0. The first-order valence-electron chi connectivity index (χ1n) is 7.05. The second-order valence-electron chi connectivity index (χ2n) is 5.22. The third-order valence-electron chi connectivity index (χ3n) is 3.73. The number of hydrogen-bond acceptors (Lipinski definition) is 5. The fourth-order valence-corrected chi connectivity index (χ4v) is 2.46. The summed E-state index contributed by atoms with van der Waals surface area (Å²) in [6.45, 7) is 3.26. The van der Waals surface area contributed by atoms with Crippen molar-refractivity contribution >= 4 is 11.9 Å². The van der Waals surface area contributed by atoms with E-state index in [0.29, 0.717) is 25.1 Å². The number of carboxylic acids is 1. The van der Waals surface area contributed by atoms with Crippen LogP contribution in [0, 0.1) is 0 Å². The molecule has 1 N–H and O–H groups in total. The lowest BCUT2D eigenvalue weighted by molar-refractivity contribution is -0.144. The Bertz CT molecular complexity index is 535. The zero-order valence-electron chi connectivity index (χ0n) is 12.3. The van der Waals surface area contributed by atoms with Gasteiger partial charge in [-0.2, -0.15) is 0 Å². The average molecular weight is 292 g/mol. The van der Waals surface area contributed by atoms with Crippen molar-refractivity contribution in [1.82, 2.24) is 19.8 Å². The van der Waals surface area contributed by atoms with Crippen molar-refractivity contribution in [3.8, 4) is 0 Å². The molecule has 0 saturated carbocycles. The van der Waals surface area contributed by atoms with Gasteiger partial charge in [-0.3, -0.25) is 14.5 Å². The number of amides is 1. The number of carboxylic acid groups (broad SMARTS) is 1. The lowest BCUT2D eigenvalue weighted by Gasteiger charge is -2.37. The van der Waals surface area contributed by atoms with Crippen LogP contribution >= 0.6 is 0 Å². The lowest BCUT2D eigenvalue weighted by atomic mass is 10.1. The van der Waals surface area contributed by atoms with E-state index >= 15 is 0 Å². The van der Waals surface area contributed by atoms with Crippen LogP contribution in [0.1, 0.15) is 29.4 Å². The van der Waals surface area contributed by atoms with Gasteiger partial charge in [0.1, 0.15) is 12.4 Å². The Morgan fingerprint density at radius 3 is 2.86 bits per heavy atom. The Morgan fingerprint density at radius 2 is 2.19 bits per heavy atom. The van der Waals surface area contributed by atoms with E-state index in [2.05, 4.69) is 9.97 Å². The molecular weight excluding hydrogens is 272 g/mol. The third kappa shape index (κ3) is 3.36. The van der Waals surface area contributed by atoms with Crippen LogP contribution in [-0.2, 0) is 11.2 Å². The summed E-state index contributed by atoms with van der Waals surface area (Å²) in [5, 5.41) is 9.21. The Labute approximate surface area is 123 Å². The van der Waals surface area contributed by atoms with Crippen LogP contribution in [0.15, 0.2) is 12.5 Å². The molecule has 21 heavy (non-hydrogen) atoms. The number of carbonyl (C=O) groups excluding carboxylic acids is 1. The van der Waals surface area contributed by atoms with Gasteiger partial charge in [-0.05, 0) is 13.5 Å². The van der Waals surface area contributed by atoms with Crippen LogP contribution < -0.4 is 0 Å². The minimum atomic E-state index is -0.909. The van der Waals surface area contributed by atoms with Crippen LogP contribution in [-0.4, -0.2) is 69.5 Å². The van der Waals surface area contributed by atoms with Gasteiger partial charge in [0, 0.05) is 25.8 Å². The van der Waals surface area contributed by atoms with Crippen molar-refractivity contribution in [1.29, 1.82) is 0 Å². The highest BCUT2D eigenvalue weighted by Gasteiger charge is 2.33. The van der Waals surface area contributed by atoms with E-state index in [0.717, 1.165) is 12.1 Å². The van der Waals surface area contributed by atoms with Gasteiger partial charge in [0.05, 0.1) is 11.3 Å². The molecule has 1 aromatic heterocycles. The van der Waals surface area contributed by atoms with Gasteiger partial charge in [-0.1, -0.05) is 13.3 Å². The standard InChI is InChI=1S/C14H20N4O3/c1-3-4-11-10(7-15-9-16-11)13(19)18-6-5-17(2)12(8-18)14(20)21/h7,9,12H,3-6,8H2,1-2H3,(H,20,21)/t12-/m1/s1. The molecule has 0 spiro atoms. The van der Waals surface area contributed by atoms with Gasteiger partial charge in [-0.15, -0.1) is 0 Å². The maximum atomic E-state index is 12.6. The van der Waals surface area contributed by atoms with Crippen molar-refractivity contribution in [2.75, 3.05) is 26.7 Å². The van der Waals surface area contributed by atoms with E-state index in [4.69, 9.17) is 0 Å². The zero-order valence-corrected chi connectivity index (χ0v) is 12.3. The molecule has 1 aromatic rings. The number of piperazine rings is 1. The number of aliphatic carboxylic acids is 1. The monoisotopic (exact) mass is 292 g/mol. The van der Waals surface area contributed by atoms with Crippen molar-refractivity contribution < 1.29 is 14.7 Å². The van der Waals surface area contributed by atoms with Crippen molar-refractivity contribution in [3.63, 3.8) is 0 Å². The molecule has 1 saturated heterocycles. The summed E-state index contributed by atoms with van der Waals surface area (Å²) in [5.74, 6) is -1.09. The summed E-state index contributed by atoms with van der Waals surface area (Å²) in [5.41, 5.74) is 1.20. The highest BCUT2D eigenvalue weighted by atomic mass is 16.4. The summed E-state index contributed by atoms with van der Waals surface area (Å²) in [6, 6.07) is -0.665. The first-order chi connectivity index (χ1) is 10.0. The van der Waals surface area contributed by atoms with Crippen LogP contribution in [0.25, 0.3) is 0 Å². The van der Waals surface area contributed by atoms with Crippen molar-refractivity contribution in [2.45, 2.75) is 25.8 Å². The number of nitrogens with zero attached hydrogens (tertiary/aromatic N) is 4. The summed E-state index contributed by atoms with van der Waals surface area (Å²) >= 11 is 0. The number of likely N-dealkylation sites (N-methyl/N-ethyl adjacent to an activating group) is 1. The third-order valence-corrected chi connectivity index (χ3v) is 3.73. The molecule has 1 aliphatic heterocycles. The SMILES string of the molecule is CCCc1ncncc1C(=O)N1CCN(C)[C@@H](C(=O)O)C1. The Morgan fingerprint density at radius 1 is 1.43 bits per heavy atom. The van der Waals surface area contributed by atoms with Gasteiger partial charge in [-0.25, -0.2) is 9.97 Å². The molecule has 1 amide bonds. The molecule has 0 bridgehead atoms. The highest BCUT2D eigenvalue weighted by Crippen LogP contribution is 2.14. The number of carbonyl (C=O) groups is 2. The Balaban J connectivity index is 2.18. The van der Waals surface area contributed by atoms with E-state index in [1.54, 1.807) is 16.8 Å². The minimum Gasteiger partial charge on any atom is -0.480 e. The summed E-state index contributed by atoms with van der Waals surface area (Å²) in [7, 11) is 1.76. The molecule has 7 heteroatoms. The first-order valence-corrected chi connectivity index (χ1v) is 7.05. The molecule has 0 aliphatic carbocycles. The molecule has 1 aliphatic rings. The van der Waals surface area contributed by atoms with Crippen molar-refractivity contribution in [3.05, 3.63) is 23.8 Å². The van der Waals surface area contributed by atoms with Crippen LogP contribution in [0.3, 0.4) is 0 Å². The molecule has 0 unspecified atom stereocenters. The molecule has 1 fully saturated rings. The van der Waals surface area contributed by atoms with Crippen LogP contribution in [0.2, 0.25) is 0 Å². The largest absolute Gasteiger partial charge is 0.480 e. The second kappa shape index (κ2) is 6.62. The maximum Gasteiger partial charge on any atom is 0.322 e. The predicted octanol–water partition coefficient (Wildman–Crippen LogP) is 0.270. The zero-order chi connectivity index (χ0) is 15.4. The molecular formula is C14H20N4O3. The highest BCUT2D eigenvalue weighted by molar-refractivity contribution is 5.95. The smallest absolute Gasteiger partial charge is 0.322 e. The quantitative estimate of drug-likeness (QED) is 0.857. The van der Waals surface area contributed by atoms with Gasteiger partial charge in [0.2, 0.25) is 0 Å². The number of rotatable bonds is 4. The number of hydrogen-bond donors (Lipinski definition) is 1. The molecule has 7 nitrogen and oxygen atoms in total. The van der Waals surface area contributed by atoms with E-state index in [1.807, 2.05) is 6.92 Å². The maximum absolute atomic E-state index is 12.6. The van der Waals surface area contributed by atoms with E-state index < -0.39 is 12.0 Å². The normalized spacial score (nSPS) is 19.5. The number of aryl methyl sites for hydroxylation is 1. The minimum absolute atomic E-state index is 0.182. The second-order valence-corrected chi connectivity index (χ2v) is 5.22. The van der Waals surface area contributed by atoms with E-state index in [9.17, 15) is 14.7 Å². The first kappa shape index (κ1) is 15.4.